The number of phenols is 1. The van der Waals surface area contributed by atoms with Gasteiger partial charge in [0.05, 0.1) is 15.9 Å². The van der Waals surface area contributed by atoms with Crippen LogP contribution in [0.2, 0.25) is 0 Å². The summed E-state index contributed by atoms with van der Waals surface area (Å²) < 4.78 is 2.81. The van der Waals surface area contributed by atoms with E-state index in [2.05, 4.69) is 15.4 Å². The monoisotopic (exact) mass is 376 g/mol. The van der Waals surface area contributed by atoms with Gasteiger partial charge in [-0.25, -0.2) is 4.98 Å². The molecule has 6 nitrogen and oxygen atoms in total. The Balaban J connectivity index is 1.67. The SMILES string of the molecule is Cc1nn(-c2nc3ccccc3s2)c2c1C(c1ccc(O)cc1)CC(=O)N2. The molecule has 0 saturated heterocycles. The molecule has 0 saturated carbocycles. The average Bonchev–Trinajstić information content (AvgIpc) is 3.23. The molecule has 2 N–H and O–H groups in total. The molecule has 1 amide bonds. The minimum Gasteiger partial charge on any atom is -0.508 e. The van der Waals surface area contributed by atoms with Crippen molar-refractivity contribution < 1.29 is 9.90 Å². The number of aryl methyl sites for hydroxylation is 1. The lowest BCUT2D eigenvalue weighted by Gasteiger charge is -2.24. The smallest absolute Gasteiger partial charge is 0.226 e. The standard InChI is InChI=1S/C20H16N4O2S/c1-11-18-14(12-6-8-13(25)9-7-12)10-17(26)22-19(18)24(23-11)20-21-15-4-2-3-5-16(15)27-20/h2-9,14,25H,10H2,1H3,(H,22,26). The fourth-order valence-electron chi connectivity index (χ4n) is 3.63. The summed E-state index contributed by atoms with van der Waals surface area (Å²) in [7, 11) is 0. The van der Waals surface area contributed by atoms with Crippen molar-refractivity contribution in [2.75, 3.05) is 5.32 Å². The fourth-order valence-corrected chi connectivity index (χ4v) is 4.55. The zero-order chi connectivity index (χ0) is 18.5. The van der Waals surface area contributed by atoms with E-state index in [1.807, 2.05) is 43.3 Å². The van der Waals surface area contributed by atoms with Gasteiger partial charge in [-0.15, -0.1) is 0 Å². The van der Waals surface area contributed by atoms with Crippen LogP contribution in [0.5, 0.6) is 5.75 Å². The molecule has 2 aromatic heterocycles. The highest BCUT2D eigenvalue weighted by Gasteiger charge is 2.33. The number of anilines is 1. The van der Waals surface area contributed by atoms with Crippen LogP contribution in [0.25, 0.3) is 15.3 Å². The quantitative estimate of drug-likeness (QED) is 0.555. The van der Waals surface area contributed by atoms with Gasteiger partial charge in [0.2, 0.25) is 11.0 Å². The number of hydrogen-bond donors (Lipinski definition) is 2. The van der Waals surface area contributed by atoms with E-state index in [1.54, 1.807) is 28.2 Å². The van der Waals surface area contributed by atoms with Gasteiger partial charge in [-0.1, -0.05) is 35.6 Å². The Morgan fingerprint density at radius 3 is 2.74 bits per heavy atom. The van der Waals surface area contributed by atoms with Gasteiger partial charge in [-0.05, 0) is 36.8 Å². The molecule has 134 valence electrons. The number of fused-ring (bicyclic) bond motifs is 2. The molecule has 2 aromatic carbocycles. The number of aromatic nitrogens is 3. The third kappa shape index (κ3) is 2.59. The number of aromatic hydroxyl groups is 1. The Kier molecular flexibility index (Phi) is 3.51. The summed E-state index contributed by atoms with van der Waals surface area (Å²) in [6, 6.07) is 14.9. The van der Waals surface area contributed by atoms with Crippen molar-refractivity contribution >= 4 is 33.3 Å². The number of benzene rings is 2. The summed E-state index contributed by atoms with van der Waals surface area (Å²) in [5.74, 6) is 0.738. The highest BCUT2D eigenvalue weighted by molar-refractivity contribution is 7.20. The van der Waals surface area contributed by atoms with E-state index >= 15 is 0 Å². The van der Waals surface area contributed by atoms with Crippen LogP contribution in [0.1, 0.15) is 29.2 Å². The summed E-state index contributed by atoms with van der Waals surface area (Å²) in [6.45, 7) is 1.95. The molecule has 0 aliphatic carbocycles. The van der Waals surface area contributed by atoms with Crippen LogP contribution in [-0.4, -0.2) is 25.8 Å². The molecule has 7 heteroatoms. The first kappa shape index (κ1) is 16.0. The molecule has 1 aliphatic rings. The Hall–Kier alpha value is -3.19. The van der Waals surface area contributed by atoms with E-state index in [0.717, 1.165) is 32.2 Å². The molecule has 0 radical (unpaired) electrons. The van der Waals surface area contributed by atoms with Crippen LogP contribution in [-0.2, 0) is 4.79 Å². The first-order chi connectivity index (χ1) is 13.1. The van der Waals surface area contributed by atoms with Crippen LogP contribution >= 0.6 is 11.3 Å². The zero-order valence-electron chi connectivity index (χ0n) is 14.5. The normalized spacial score (nSPS) is 16.3. The second kappa shape index (κ2) is 5.92. The maximum atomic E-state index is 12.4. The van der Waals surface area contributed by atoms with Gasteiger partial charge in [0.25, 0.3) is 0 Å². The number of nitrogens with zero attached hydrogens (tertiary/aromatic N) is 3. The summed E-state index contributed by atoms with van der Waals surface area (Å²) >= 11 is 1.54. The van der Waals surface area contributed by atoms with Crippen molar-refractivity contribution in [1.29, 1.82) is 0 Å². The van der Waals surface area contributed by atoms with E-state index in [-0.39, 0.29) is 17.6 Å². The van der Waals surface area contributed by atoms with Crippen LogP contribution in [0.3, 0.4) is 0 Å². The first-order valence-electron chi connectivity index (χ1n) is 8.64. The Bertz CT molecular complexity index is 1140. The van der Waals surface area contributed by atoms with Gasteiger partial charge >= 0.3 is 0 Å². The predicted molar refractivity (Wildman–Crippen MR) is 105 cm³/mol. The number of thiazole rings is 1. The van der Waals surface area contributed by atoms with E-state index in [9.17, 15) is 9.90 Å². The van der Waals surface area contributed by atoms with E-state index in [1.165, 1.54) is 0 Å². The Labute approximate surface area is 159 Å². The van der Waals surface area contributed by atoms with Crippen molar-refractivity contribution in [1.82, 2.24) is 14.8 Å². The lowest BCUT2D eigenvalue weighted by atomic mass is 9.86. The number of para-hydroxylation sites is 1. The first-order valence-corrected chi connectivity index (χ1v) is 9.46. The molecule has 1 aliphatic heterocycles. The van der Waals surface area contributed by atoms with Gasteiger partial charge in [0.1, 0.15) is 11.6 Å². The molecule has 1 atom stereocenters. The van der Waals surface area contributed by atoms with Crippen molar-refractivity contribution in [2.24, 2.45) is 0 Å². The van der Waals surface area contributed by atoms with Crippen molar-refractivity contribution in [2.45, 2.75) is 19.3 Å². The lowest BCUT2D eigenvalue weighted by molar-refractivity contribution is -0.116. The predicted octanol–water partition coefficient (Wildman–Crippen LogP) is 3.97. The van der Waals surface area contributed by atoms with Gasteiger partial charge < -0.3 is 10.4 Å². The number of nitrogens with one attached hydrogen (secondary N) is 1. The molecule has 3 heterocycles. The summed E-state index contributed by atoms with van der Waals surface area (Å²) in [4.78, 5) is 17.1. The fraction of sp³-hybridized carbons (Fsp3) is 0.150. The van der Waals surface area contributed by atoms with Crippen LogP contribution in [0.4, 0.5) is 5.82 Å². The number of rotatable bonds is 2. The van der Waals surface area contributed by atoms with Gasteiger partial charge in [0.15, 0.2) is 0 Å². The molecule has 0 bridgehead atoms. The number of hydrogen-bond acceptors (Lipinski definition) is 5. The minimum absolute atomic E-state index is 0.0529. The lowest BCUT2D eigenvalue weighted by Crippen LogP contribution is -2.24. The molecule has 4 aromatic rings. The van der Waals surface area contributed by atoms with Crippen molar-refractivity contribution in [3.63, 3.8) is 0 Å². The van der Waals surface area contributed by atoms with Crippen molar-refractivity contribution in [3.05, 3.63) is 65.4 Å². The average molecular weight is 376 g/mol. The van der Waals surface area contributed by atoms with E-state index in [4.69, 9.17) is 0 Å². The van der Waals surface area contributed by atoms with Crippen molar-refractivity contribution in [3.8, 4) is 10.9 Å². The highest BCUT2D eigenvalue weighted by Crippen LogP contribution is 2.41. The molecule has 5 rings (SSSR count). The summed E-state index contributed by atoms with van der Waals surface area (Å²) in [5.41, 5.74) is 3.76. The zero-order valence-corrected chi connectivity index (χ0v) is 15.3. The number of amides is 1. The molecule has 1 unspecified atom stereocenters. The minimum atomic E-state index is -0.0996. The van der Waals surface area contributed by atoms with Gasteiger partial charge in [-0.3, -0.25) is 4.79 Å². The number of phenolic OH excluding ortho intramolecular Hbond substituents is 1. The van der Waals surface area contributed by atoms with Crippen LogP contribution in [0, 0.1) is 6.92 Å². The molecule has 0 fully saturated rings. The Morgan fingerprint density at radius 2 is 1.96 bits per heavy atom. The Morgan fingerprint density at radius 1 is 1.19 bits per heavy atom. The second-order valence-electron chi connectivity index (χ2n) is 6.62. The molecular weight excluding hydrogens is 360 g/mol. The summed E-state index contributed by atoms with van der Waals surface area (Å²) in [5, 5.41) is 18.0. The van der Waals surface area contributed by atoms with E-state index in [0.29, 0.717) is 12.2 Å². The molecular formula is C20H16N4O2S. The molecule has 0 spiro atoms. The topological polar surface area (TPSA) is 80.0 Å². The van der Waals surface area contributed by atoms with Crippen LogP contribution in [0.15, 0.2) is 48.5 Å². The molecule has 27 heavy (non-hydrogen) atoms. The summed E-state index contributed by atoms with van der Waals surface area (Å²) in [6.07, 6.45) is 0.351. The third-order valence-corrected chi connectivity index (χ3v) is 5.87. The maximum absolute atomic E-state index is 12.4. The van der Waals surface area contributed by atoms with E-state index < -0.39 is 0 Å². The third-order valence-electron chi connectivity index (χ3n) is 4.86. The highest BCUT2D eigenvalue weighted by atomic mass is 32.1. The number of carbonyl (C=O) groups is 1. The number of carbonyl (C=O) groups excluding carboxylic acids is 1. The maximum Gasteiger partial charge on any atom is 0.226 e. The largest absolute Gasteiger partial charge is 0.508 e. The second-order valence-corrected chi connectivity index (χ2v) is 7.63. The van der Waals surface area contributed by atoms with Gasteiger partial charge in [-0.2, -0.15) is 9.78 Å². The van der Waals surface area contributed by atoms with Gasteiger partial charge in [0, 0.05) is 17.9 Å². The van der Waals surface area contributed by atoms with Crippen LogP contribution < -0.4 is 5.32 Å².